The fourth-order valence-electron chi connectivity index (χ4n) is 1.25. The van der Waals surface area contributed by atoms with E-state index < -0.39 is 9.84 Å². The first-order valence-corrected chi connectivity index (χ1v) is 7.40. The molecule has 1 atom stereocenters. The molecule has 0 saturated heterocycles. The number of halogens is 1. The van der Waals surface area contributed by atoms with Gasteiger partial charge in [-0.1, -0.05) is 6.07 Å². The summed E-state index contributed by atoms with van der Waals surface area (Å²) < 4.78 is 23.8. The predicted octanol–water partition coefficient (Wildman–Crippen LogP) is 1.65. The number of sulfone groups is 1. The zero-order chi connectivity index (χ0) is 12.3. The molecular formula is C10H14BrNO3S. The number of benzene rings is 1. The van der Waals surface area contributed by atoms with Crippen LogP contribution in [0.25, 0.3) is 0 Å². The van der Waals surface area contributed by atoms with Gasteiger partial charge in [-0.05, 0) is 35.0 Å². The van der Waals surface area contributed by atoms with E-state index in [2.05, 4.69) is 21.2 Å². The van der Waals surface area contributed by atoms with Crippen molar-refractivity contribution in [3.8, 4) is 0 Å². The van der Waals surface area contributed by atoms with Gasteiger partial charge in [0, 0.05) is 16.8 Å². The molecule has 90 valence electrons. The predicted molar refractivity (Wildman–Crippen MR) is 67.4 cm³/mol. The number of hydrogen-bond donors (Lipinski definition) is 2. The first-order valence-electron chi connectivity index (χ1n) is 4.72. The monoisotopic (exact) mass is 307 g/mol. The van der Waals surface area contributed by atoms with Crippen LogP contribution in [0.15, 0.2) is 27.6 Å². The molecule has 0 bridgehead atoms. The lowest BCUT2D eigenvalue weighted by molar-refractivity contribution is 0.281. The molecule has 4 nitrogen and oxygen atoms in total. The van der Waals surface area contributed by atoms with E-state index in [1.54, 1.807) is 19.1 Å². The Balaban J connectivity index is 3.25. The Bertz CT molecular complexity index is 473. The molecule has 0 aromatic heterocycles. The van der Waals surface area contributed by atoms with E-state index in [4.69, 9.17) is 5.11 Å². The Morgan fingerprint density at radius 3 is 2.62 bits per heavy atom. The number of nitrogens with one attached hydrogen (secondary N) is 1. The van der Waals surface area contributed by atoms with Crippen LogP contribution in [0.1, 0.15) is 6.92 Å². The van der Waals surface area contributed by atoms with E-state index in [1.807, 2.05) is 0 Å². The van der Waals surface area contributed by atoms with Gasteiger partial charge in [0.05, 0.1) is 17.2 Å². The fourth-order valence-corrected chi connectivity index (χ4v) is 2.72. The Morgan fingerprint density at radius 1 is 1.50 bits per heavy atom. The molecule has 0 spiro atoms. The van der Waals surface area contributed by atoms with Gasteiger partial charge in [0.25, 0.3) is 0 Å². The van der Waals surface area contributed by atoms with E-state index in [9.17, 15) is 8.42 Å². The summed E-state index contributed by atoms with van der Waals surface area (Å²) in [6.07, 6.45) is 1.16. The number of aliphatic hydroxyl groups excluding tert-OH is 1. The van der Waals surface area contributed by atoms with Crippen LogP contribution in [0.3, 0.4) is 0 Å². The summed E-state index contributed by atoms with van der Waals surface area (Å²) in [6, 6.07) is 4.74. The highest BCUT2D eigenvalue weighted by atomic mass is 79.9. The second-order valence-electron chi connectivity index (χ2n) is 3.61. The average molecular weight is 308 g/mol. The van der Waals surface area contributed by atoms with E-state index in [1.165, 1.54) is 6.07 Å². The lowest BCUT2D eigenvalue weighted by Crippen LogP contribution is -2.21. The summed E-state index contributed by atoms with van der Waals surface area (Å²) >= 11 is 3.29. The van der Waals surface area contributed by atoms with Crippen molar-refractivity contribution in [3.05, 3.63) is 22.7 Å². The van der Waals surface area contributed by atoms with Crippen molar-refractivity contribution in [2.75, 3.05) is 18.2 Å². The van der Waals surface area contributed by atoms with E-state index in [-0.39, 0.29) is 17.5 Å². The fraction of sp³-hybridized carbons (Fsp3) is 0.400. The maximum atomic E-state index is 11.6. The molecule has 16 heavy (non-hydrogen) atoms. The third kappa shape index (κ3) is 3.20. The molecule has 1 rings (SSSR count). The summed E-state index contributed by atoms with van der Waals surface area (Å²) in [7, 11) is -3.28. The SMILES string of the molecule is C[C@@H](CO)Nc1c(Br)cccc1S(C)(=O)=O. The van der Waals surface area contributed by atoms with Gasteiger partial charge in [-0.2, -0.15) is 0 Å². The molecule has 0 unspecified atom stereocenters. The minimum absolute atomic E-state index is 0.0649. The number of hydrogen-bond acceptors (Lipinski definition) is 4. The first kappa shape index (κ1) is 13.5. The van der Waals surface area contributed by atoms with Crippen LogP contribution < -0.4 is 5.32 Å². The summed E-state index contributed by atoms with van der Waals surface area (Å²) in [5.74, 6) is 0. The van der Waals surface area contributed by atoms with Gasteiger partial charge in [0.15, 0.2) is 9.84 Å². The normalized spacial score (nSPS) is 13.5. The highest BCUT2D eigenvalue weighted by Crippen LogP contribution is 2.30. The zero-order valence-electron chi connectivity index (χ0n) is 9.07. The largest absolute Gasteiger partial charge is 0.394 e. The average Bonchev–Trinajstić information content (AvgIpc) is 2.19. The molecular weight excluding hydrogens is 294 g/mol. The lowest BCUT2D eigenvalue weighted by Gasteiger charge is -2.16. The number of anilines is 1. The lowest BCUT2D eigenvalue weighted by atomic mass is 10.3. The third-order valence-electron chi connectivity index (χ3n) is 2.04. The molecule has 0 amide bonds. The minimum Gasteiger partial charge on any atom is -0.394 e. The second-order valence-corrected chi connectivity index (χ2v) is 6.45. The molecule has 1 aromatic rings. The Hall–Kier alpha value is -0.590. The van der Waals surface area contributed by atoms with Crippen molar-refractivity contribution >= 4 is 31.5 Å². The summed E-state index contributed by atoms with van der Waals surface area (Å²) in [5, 5.41) is 11.9. The molecule has 1 aromatic carbocycles. The van der Waals surface area contributed by atoms with Gasteiger partial charge >= 0.3 is 0 Å². The maximum Gasteiger partial charge on any atom is 0.177 e. The molecule has 0 aliphatic carbocycles. The quantitative estimate of drug-likeness (QED) is 0.887. The number of rotatable bonds is 4. The van der Waals surface area contributed by atoms with Gasteiger partial charge in [0.1, 0.15) is 0 Å². The number of aliphatic hydroxyl groups is 1. The van der Waals surface area contributed by atoms with Crippen molar-refractivity contribution in [2.24, 2.45) is 0 Å². The molecule has 0 saturated carbocycles. The van der Waals surface area contributed by atoms with Crippen LogP contribution in [-0.4, -0.2) is 32.4 Å². The van der Waals surface area contributed by atoms with Crippen LogP contribution in [0.2, 0.25) is 0 Å². The van der Waals surface area contributed by atoms with E-state index in [0.717, 1.165) is 6.26 Å². The van der Waals surface area contributed by atoms with Gasteiger partial charge < -0.3 is 10.4 Å². The maximum absolute atomic E-state index is 11.6. The highest BCUT2D eigenvalue weighted by molar-refractivity contribution is 9.10. The molecule has 6 heteroatoms. The molecule has 0 aliphatic rings. The molecule has 0 aliphatic heterocycles. The van der Waals surface area contributed by atoms with Crippen LogP contribution >= 0.6 is 15.9 Å². The van der Waals surface area contributed by atoms with Crippen LogP contribution in [0.4, 0.5) is 5.69 Å². The third-order valence-corrected chi connectivity index (χ3v) is 3.84. The molecule has 0 heterocycles. The first-order chi connectivity index (χ1) is 7.36. The van der Waals surface area contributed by atoms with Crippen molar-refractivity contribution in [1.29, 1.82) is 0 Å². The summed E-state index contributed by atoms with van der Waals surface area (Å²) in [4.78, 5) is 0.224. The van der Waals surface area contributed by atoms with Crippen LogP contribution in [0.5, 0.6) is 0 Å². The Labute approximate surface area is 104 Å². The number of para-hydroxylation sites is 1. The Morgan fingerprint density at radius 2 is 2.12 bits per heavy atom. The second kappa shape index (κ2) is 5.16. The van der Waals surface area contributed by atoms with Crippen molar-refractivity contribution < 1.29 is 13.5 Å². The van der Waals surface area contributed by atoms with Crippen LogP contribution in [-0.2, 0) is 9.84 Å². The smallest absolute Gasteiger partial charge is 0.177 e. The van der Waals surface area contributed by atoms with E-state index >= 15 is 0 Å². The van der Waals surface area contributed by atoms with Crippen molar-refractivity contribution in [1.82, 2.24) is 0 Å². The topological polar surface area (TPSA) is 66.4 Å². The summed E-state index contributed by atoms with van der Waals surface area (Å²) in [5.41, 5.74) is 0.492. The standard InChI is InChI=1S/C10H14BrNO3S/c1-7(6-13)12-10-8(11)4-3-5-9(10)16(2,14)15/h3-5,7,12-13H,6H2,1-2H3/t7-/m0/s1. The minimum atomic E-state index is -3.28. The summed E-state index contributed by atoms with van der Waals surface area (Å²) in [6.45, 7) is 1.70. The van der Waals surface area contributed by atoms with Crippen LogP contribution in [0, 0.1) is 0 Å². The van der Waals surface area contributed by atoms with Crippen molar-refractivity contribution in [2.45, 2.75) is 17.9 Å². The zero-order valence-corrected chi connectivity index (χ0v) is 11.5. The Kier molecular flexibility index (Phi) is 4.35. The molecule has 0 fully saturated rings. The molecule has 0 radical (unpaired) electrons. The van der Waals surface area contributed by atoms with Crippen molar-refractivity contribution in [3.63, 3.8) is 0 Å². The van der Waals surface area contributed by atoms with Gasteiger partial charge in [0.2, 0.25) is 0 Å². The van der Waals surface area contributed by atoms with Gasteiger partial charge in [-0.25, -0.2) is 8.42 Å². The van der Waals surface area contributed by atoms with Gasteiger partial charge in [-0.3, -0.25) is 0 Å². The molecule has 2 N–H and O–H groups in total. The van der Waals surface area contributed by atoms with E-state index in [0.29, 0.717) is 10.2 Å². The highest BCUT2D eigenvalue weighted by Gasteiger charge is 2.16. The van der Waals surface area contributed by atoms with Gasteiger partial charge in [-0.15, -0.1) is 0 Å².